The molecule has 1 aromatic heterocycles. The Balaban J connectivity index is 2.23. The van der Waals surface area contributed by atoms with Crippen molar-refractivity contribution in [2.24, 2.45) is 0 Å². The van der Waals surface area contributed by atoms with E-state index in [0.29, 0.717) is 16.3 Å². The molecule has 0 saturated carbocycles. The largest absolute Gasteiger partial charge is 0.349 e. The molecule has 0 fully saturated rings. The van der Waals surface area contributed by atoms with Gasteiger partial charge in [0.2, 0.25) is 5.91 Å². The highest BCUT2D eigenvalue weighted by Gasteiger charge is 2.36. The molecule has 0 aliphatic heterocycles. The van der Waals surface area contributed by atoms with Crippen molar-refractivity contribution in [3.8, 4) is 0 Å². The van der Waals surface area contributed by atoms with Gasteiger partial charge in [0.15, 0.2) is 0 Å². The van der Waals surface area contributed by atoms with Gasteiger partial charge in [0, 0.05) is 11.2 Å². The van der Waals surface area contributed by atoms with Crippen LogP contribution in [0.5, 0.6) is 0 Å². The first-order valence-corrected chi connectivity index (χ1v) is 11.5. The van der Waals surface area contributed by atoms with Gasteiger partial charge >= 0.3 is 0 Å². The maximum atomic E-state index is 14.0. The van der Waals surface area contributed by atoms with Crippen LogP contribution in [0.15, 0.2) is 48.5 Å². The molecule has 5 nitrogen and oxygen atoms in total. The number of amides is 2. The van der Waals surface area contributed by atoms with Crippen molar-refractivity contribution in [3.63, 3.8) is 0 Å². The highest BCUT2D eigenvalue weighted by atomic mass is 32.1. The number of rotatable bonds is 5. The number of aryl methyl sites for hydroxylation is 4. The summed E-state index contributed by atoms with van der Waals surface area (Å²) in [6, 6.07) is 14.5. The van der Waals surface area contributed by atoms with E-state index >= 15 is 0 Å². The predicted molar refractivity (Wildman–Crippen MR) is 131 cm³/mol. The van der Waals surface area contributed by atoms with E-state index in [2.05, 4.69) is 10.3 Å². The van der Waals surface area contributed by atoms with Crippen LogP contribution in [0, 0.1) is 27.7 Å². The summed E-state index contributed by atoms with van der Waals surface area (Å²) < 4.78 is 0. The molecule has 0 saturated heterocycles. The monoisotopic (exact) mass is 449 g/mol. The Morgan fingerprint density at radius 3 is 2.16 bits per heavy atom. The van der Waals surface area contributed by atoms with Crippen molar-refractivity contribution in [2.75, 3.05) is 4.90 Å². The highest BCUT2D eigenvalue weighted by molar-refractivity contribution is 7.13. The Labute approximate surface area is 194 Å². The molecule has 1 unspecified atom stereocenters. The van der Waals surface area contributed by atoms with Crippen LogP contribution in [-0.4, -0.2) is 22.3 Å². The molecule has 3 rings (SSSR count). The molecule has 0 spiro atoms. The minimum Gasteiger partial charge on any atom is -0.349 e. The number of anilines is 1. The lowest BCUT2D eigenvalue weighted by Gasteiger charge is -2.34. The second kappa shape index (κ2) is 9.25. The molecule has 0 aliphatic carbocycles. The first-order chi connectivity index (χ1) is 15.0. The molecule has 2 amide bonds. The summed E-state index contributed by atoms with van der Waals surface area (Å²) in [5, 5.41) is 3.90. The lowest BCUT2D eigenvalue weighted by atomic mass is 9.99. The molecule has 0 radical (unpaired) electrons. The fraction of sp³-hybridized carbons (Fsp3) is 0.346. The van der Waals surface area contributed by atoms with Gasteiger partial charge in [0.05, 0.1) is 10.7 Å². The van der Waals surface area contributed by atoms with Gasteiger partial charge in [-0.1, -0.05) is 36.4 Å². The van der Waals surface area contributed by atoms with Crippen molar-refractivity contribution in [2.45, 2.75) is 60.0 Å². The standard InChI is InChI=1S/C26H31N3O2S/c1-16-13-14-21(15-17(16)2)29(25(31)23-18(3)27-19(4)32-23)22(20-11-9-8-10-12-20)24(30)28-26(5,6)7/h8-15,22H,1-7H3,(H,28,30). The highest BCUT2D eigenvalue weighted by Crippen LogP contribution is 2.33. The molecule has 6 heteroatoms. The quantitative estimate of drug-likeness (QED) is 0.545. The fourth-order valence-electron chi connectivity index (χ4n) is 3.59. The number of hydrogen-bond donors (Lipinski definition) is 1. The zero-order valence-electron chi connectivity index (χ0n) is 19.8. The zero-order chi connectivity index (χ0) is 23.6. The van der Waals surface area contributed by atoms with Crippen LogP contribution in [-0.2, 0) is 4.79 Å². The molecule has 168 valence electrons. The van der Waals surface area contributed by atoms with E-state index in [-0.39, 0.29) is 11.8 Å². The SMILES string of the molecule is Cc1nc(C)c(C(=O)N(c2ccc(C)c(C)c2)C(C(=O)NC(C)(C)C)c2ccccc2)s1. The average molecular weight is 450 g/mol. The molecular formula is C26H31N3O2S. The number of thiazole rings is 1. The second-order valence-electron chi connectivity index (χ2n) is 9.14. The molecular weight excluding hydrogens is 418 g/mol. The van der Waals surface area contributed by atoms with Gasteiger partial charge in [-0.25, -0.2) is 4.98 Å². The van der Waals surface area contributed by atoms with Crippen LogP contribution in [0.2, 0.25) is 0 Å². The molecule has 32 heavy (non-hydrogen) atoms. The van der Waals surface area contributed by atoms with Crippen molar-refractivity contribution in [1.29, 1.82) is 0 Å². The van der Waals surface area contributed by atoms with E-state index in [9.17, 15) is 9.59 Å². The smallest absolute Gasteiger partial charge is 0.271 e. The second-order valence-corrected chi connectivity index (χ2v) is 10.3. The maximum Gasteiger partial charge on any atom is 0.271 e. The van der Waals surface area contributed by atoms with E-state index in [0.717, 1.165) is 21.7 Å². The van der Waals surface area contributed by atoms with Gasteiger partial charge in [-0.3, -0.25) is 14.5 Å². The molecule has 1 heterocycles. The normalized spacial score (nSPS) is 12.3. The number of nitrogens with one attached hydrogen (secondary N) is 1. The number of aromatic nitrogens is 1. The van der Waals surface area contributed by atoms with E-state index < -0.39 is 11.6 Å². The van der Waals surface area contributed by atoms with Crippen LogP contribution in [0.3, 0.4) is 0 Å². The summed E-state index contributed by atoms with van der Waals surface area (Å²) in [5.74, 6) is -0.455. The van der Waals surface area contributed by atoms with Gasteiger partial charge in [-0.05, 0) is 77.3 Å². The lowest BCUT2D eigenvalue weighted by Crippen LogP contribution is -2.49. The molecule has 1 N–H and O–H groups in total. The maximum absolute atomic E-state index is 14.0. The Bertz CT molecular complexity index is 1130. The summed E-state index contributed by atoms with van der Waals surface area (Å²) in [7, 11) is 0. The van der Waals surface area contributed by atoms with Gasteiger partial charge < -0.3 is 5.32 Å². The average Bonchev–Trinajstić information content (AvgIpc) is 3.05. The Morgan fingerprint density at radius 2 is 1.62 bits per heavy atom. The minimum atomic E-state index is -0.827. The first-order valence-electron chi connectivity index (χ1n) is 10.7. The van der Waals surface area contributed by atoms with Crippen LogP contribution in [0.4, 0.5) is 5.69 Å². The van der Waals surface area contributed by atoms with E-state index in [4.69, 9.17) is 0 Å². The molecule has 3 aromatic rings. The summed E-state index contributed by atoms with van der Waals surface area (Å²) in [6.45, 7) is 13.6. The fourth-order valence-corrected chi connectivity index (χ4v) is 4.45. The zero-order valence-corrected chi connectivity index (χ0v) is 20.6. The summed E-state index contributed by atoms with van der Waals surface area (Å²) in [6.07, 6.45) is 0. The summed E-state index contributed by atoms with van der Waals surface area (Å²) in [5.41, 5.74) is 3.84. The number of carbonyl (C=O) groups excluding carboxylic acids is 2. The van der Waals surface area contributed by atoms with Crippen molar-refractivity contribution < 1.29 is 9.59 Å². The Morgan fingerprint density at radius 1 is 0.969 bits per heavy atom. The topological polar surface area (TPSA) is 62.3 Å². The molecule has 0 bridgehead atoms. The van der Waals surface area contributed by atoms with E-state index in [1.165, 1.54) is 11.3 Å². The van der Waals surface area contributed by atoms with Crippen LogP contribution < -0.4 is 10.2 Å². The molecule has 0 aliphatic rings. The predicted octanol–water partition coefficient (Wildman–Crippen LogP) is 5.68. The van der Waals surface area contributed by atoms with Crippen molar-refractivity contribution in [3.05, 3.63) is 80.8 Å². The number of nitrogens with zero attached hydrogens (tertiary/aromatic N) is 2. The Hall–Kier alpha value is -2.99. The Kier molecular flexibility index (Phi) is 6.84. The number of hydrogen-bond acceptors (Lipinski definition) is 4. The number of benzene rings is 2. The molecule has 2 aromatic carbocycles. The van der Waals surface area contributed by atoms with Crippen LogP contribution >= 0.6 is 11.3 Å². The number of carbonyl (C=O) groups is 2. The van der Waals surface area contributed by atoms with Gasteiger partial charge in [0.25, 0.3) is 5.91 Å². The van der Waals surface area contributed by atoms with E-state index in [1.807, 2.05) is 97.0 Å². The van der Waals surface area contributed by atoms with Gasteiger partial charge in [-0.15, -0.1) is 11.3 Å². The van der Waals surface area contributed by atoms with Crippen LogP contribution in [0.1, 0.15) is 63.9 Å². The summed E-state index contributed by atoms with van der Waals surface area (Å²) in [4.78, 5) is 34.2. The van der Waals surface area contributed by atoms with Crippen LogP contribution in [0.25, 0.3) is 0 Å². The third-order valence-electron chi connectivity index (χ3n) is 5.21. The van der Waals surface area contributed by atoms with Crippen molar-refractivity contribution >= 4 is 28.8 Å². The van der Waals surface area contributed by atoms with E-state index in [1.54, 1.807) is 4.90 Å². The third-order valence-corrected chi connectivity index (χ3v) is 6.27. The first kappa shape index (κ1) is 23.7. The third kappa shape index (κ3) is 5.25. The summed E-state index contributed by atoms with van der Waals surface area (Å²) >= 11 is 1.36. The van der Waals surface area contributed by atoms with Gasteiger partial charge in [-0.2, -0.15) is 0 Å². The minimum absolute atomic E-state index is 0.228. The van der Waals surface area contributed by atoms with Crippen molar-refractivity contribution in [1.82, 2.24) is 10.3 Å². The molecule has 1 atom stereocenters. The lowest BCUT2D eigenvalue weighted by molar-refractivity contribution is -0.123. The van der Waals surface area contributed by atoms with Gasteiger partial charge in [0.1, 0.15) is 10.9 Å².